The first kappa shape index (κ1) is 16.1. The fraction of sp³-hybridized carbons (Fsp3) is 0.292. The first-order valence-corrected chi connectivity index (χ1v) is 10.2. The third-order valence-electron chi connectivity index (χ3n) is 6.37. The average Bonchev–Trinajstić information content (AvgIpc) is 3.09. The van der Waals surface area contributed by atoms with Crippen LogP contribution >= 0.6 is 0 Å². The van der Waals surface area contributed by atoms with Crippen LogP contribution in [0.1, 0.15) is 37.3 Å². The number of nitrogens with one attached hydrogen (secondary N) is 2. The number of rotatable bonds is 2. The van der Waals surface area contributed by atoms with Crippen molar-refractivity contribution in [3.05, 3.63) is 66.5 Å². The van der Waals surface area contributed by atoms with Crippen molar-refractivity contribution >= 4 is 11.4 Å². The molecule has 2 unspecified atom stereocenters. The first-order valence-electron chi connectivity index (χ1n) is 10.2. The van der Waals surface area contributed by atoms with Gasteiger partial charge in [0.15, 0.2) is 11.5 Å². The van der Waals surface area contributed by atoms with Crippen LogP contribution < -0.4 is 15.4 Å². The maximum atomic E-state index is 6.18. The Kier molecular flexibility index (Phi) is 3.66. The van der Waals surface area contributed by atoms with E-state index in [0.29, 0.717) is 18.0 Å². The molecule has 28 heavy (non-hydrogen) atoms. The number of piperidine rings is 1. The topological polar surface area (TPSA) is 46.2 Å². The Morgan fingerprint density at radius 1 is 0.857 bits per heavy atom. The van der Waals surface area contributed by atoms with Crippen molar-refractivity contribution in [2.75, 3.05) is 5.32 Å². The average molecular weight is 369 g/mol. The van der Waals surface area contributed by atoms with E-state index in [2.05, 4.69) is 34.9 Å². The molecule has 3 aromatic rings. The lowest BCUT2D eigenvalue weighted by Gasteiger charge is -2.30. The van der Waals surface area contributed by atoms with Crippen molar-refractivity contribution in [2.24, 2.45) is 0 Å². The van der Waals surface area contributed by atoms with Crippen LogP contribution in [-0.4, -0.2) is 17.1 Å². The standard InChI is InChI=1S/C24H23N3O/c1-2-6-22-20(5-1)27-21-10-7-15(14-23(21)28-22)19-4-3-11-25-24(19)16-12-17-8-9-18(13-16)26-17/h1-7,10-11,14,16-18,26-27H,8-9,12-13H2. The van der Waals surface area contributed by atoms with E-state index in [4.69, 9.17) is 9.72 Å². The molecule has 2 N–H and O–H groups in total. The number of aromatic nitrogens is 1. The van der Waals surface area contributed by atoms with Gasteiger partial charge in [-0.25, -0.2) is 0 Å². The van der Waals surface area contributed by atoms with Crippen molar-refractivity contribution in [2.45, 2.75) is 43.7 Å². The van der Waals surface area contributed by atoms with E-state index in [1.807, 2.05) is 36.5 Å². The number of hydrogen-bond donors (Lipinski definition) is 2. The van der Waals surface area contributed by atoms with E-state index in [0.717, 1.165) is 22.9 Å². The smallest absolute Gasteiger partial charge is 0.151 e. The summed E-state index contributed by atoms with van der Waals surface area (Å²) in [5, 5.41) is 7.21. The van der Waals surface area contributed by atoms with Crippen LogP contribution in [0.4, 0.5) is 11.4 Å². The Hall–Kier alpha value is -2.85. The maximum Gasteiger partial charge on any atom is 0.151 e. The van der Waals surface area contributed by atoms with E-state index in [1.165, 1.54) is 42.5 Å². The summed E-state index contributed by atoms with van der Waals surface area (Å²) < 4.78 is 6.18. The number of pyridine rings is 1. The highest BCUT2D eigenvalue weighted by Gasteiger charge is 2.35. The van der Waals surface area contributed by atoms with Crippen LogP contribution in [0.3, 0.4) is 0 Å². The first-order chi connectivity index (χ1) is 13.8. The van der Waals surface area contributed by atoms with Gasteiger partial charge in [-0.05, 0) is 61.6 Å². The molecule has 0 amide bonds. The Bertz CT molecular complexity index is 1040. The molecule has 0 radical (unpaired) electrons. The minimum absolute atomic E-state index is 0.533. The summed E-state index contributed by atoms with van der Waals surface area (Å²) >= 11 is 0. The molecule has 0 spiro atoms. The number of nitrogens with zero attached hydrogens (tertiary/aromatic N) is 1. The molecule has 140 valence electrons. The lowest BCUT2D eigenvalue weighted by molar-refractivity contribution is 0.359. The lowest BCUT2D eigenvalue weighted by Crippen LogP contribution is -2.37. The summed E-state index contributed by atoms with van der Waals surface area (Å²) in [6, 6.07) is 20.1. The number of hydrogen-bond acceptors (Lipinski definition) is 4. The van der Waals surface area contributed by atoms with Crippen LogP contribution in [0.15, 0.2) is 60.8 Å². The molecule has 2 atom stereocenters. The van der Waals surface area contributed by atoms with Gasteiger partial charge < -0.3 is 15.4 Å². The van der Waals surface area contributed by atoms with Gasteiger partial charge >= 0.3 is 0 Å². The summed E-state index contributed by atoms with van der Waals surface area (Å²) in [5.74, 6) is 2.27. The zero-order valence-corrected chi connectivity index (χ0v) is 15.7. The molecule has 2 bridgehead atoms. The summed E-state index contributed by atoms with van der Waals surface area (Å²) in [5.41, 5.74) is 5.67. The molecule has 0 aliphatic carbocycles. The van der Waals surface area contributed by atoms with Crippen molar-refractivity contribution in [3.63, 3.8) is 0 Å². The summed E-state index contributed by atoms with van der Waals surface area (Å²) in [6.45, 7) is 0. The zero-order valence-electron chi connectivity index (χ0n) is 15.7. The van der Waals surface area contributed by atoms with Crippen LogP contribution in [0.5, 0.6) is 11.5 Å². The SMILES string of the molecule is c1ccc2c(c1)Nc1ccc(-c3cccnc3C3CC4CCC(C3)N4)cc1O2. The molecule has 1 aromatic heterocycles. The number of benzene rings is 2. The second-order valence-electron chi connectivity index (χ2n) is 8.18. The zero-order chi connectivity index (χ0) is 18.5. The molecule has 4 nitrogen and oxygen atoms in total. The van der Waals surface area contributed by atoms with Gasteiger partial charge in [0.2, 0.25) is 0 Å². The largest absolute Gasteiger partial charge is 0.453 e. The van der Waals surface area contributed by atoms with Gasteiger partial charge in [0, 0.05) is 29.8 Å². The Morgan fingerprint density at radius 3 is 2.57 bits per heavy atom. The van der Waals surface area contributed by atoms with Gasteiger partial charge in [-0.1, -0.05) is 24.3 Å². The molecule has 2 saturated heterocycles. The molecule has 2 fully saturated rings. The van der Waals surface area contributed by atoms with Crippen molar-refractivity contribution in [3.8, 4) is 22.6 Å². The molecule has 3 aliphatic heterocycles. The minimum atomic E-state index is 0.533. The fourth-order valence-electron chi connectivity index (χ4n) is 5.07. The minimum Gasteiger partial charge on any atom is -0.453 e. The van der Waals surface area contributed by atoms with Crippen LogP contribution in [0, 0.1) is 0 Å². The second kappa shape index (κ2) is 6.35. The Balaban J connectivity index is 1.37. The number of anilines is 2. The third kappa shape index (κ3) is 2.68. The highest BCUT2D eigenvalue weighted by Crippen LogP contribution is 2.45. The predicted octanol–water partition coefficient (Wildman–Crippen LogP) is 5.60. The predicted molar refractivity (Wildman–Crippen MR) is 111 cm³/mol. The van der Waals surface area contributed by atoms with Gasteiger partial charge in [0.05, 0.1) is 17.1 Å². The molecule has 4 heteroatoms. The normalized spacial score (nSPS) is 24.6. The maximum absolute atomic E-state index is 6.18. The number of para-hydroxylation sites is 2. The highest BCUT2D eigenvalue weighted by molar-refractivity contribution is 5.79. The summed E-state index contributed by atoms with van der Waals surface area (Å²) in [7, 11) is 0. The van der Waals surface area contributed by atoms with Gasteiger partial charge in [0.25, 0.3) is 0 Å². The summed E-state index contributed by atoms with van der Waals surface area (Å²) in [6.07, 6.45) is 6.94. The van der Waals surface area contributed by atoms with Gasteiger partial charge in [-0.2, -0.15) is 0 Å². The lowest BCUT2D eigenvalue weighted by atomic mass is 9.85. The van der Waals surface area contributed by atoms with Crippen LogP contribution in [-0.2, 0) is 0 Å². The monoisotopic (exact) mass is 369 g/mol. The molecular weight excluding hydrogens is 346 g/mol. The second-order valence-corrected chi connectivity index (χ2v) is 8.18. The Morgan fingerprint density at radius 2 is 1.68 bits per heavy atom. The van der Waals surface area contributed by atoms with Gasteiger partial charge in [-0.15, -0.1) is 0 Å². The molecule has 6 rings (SSSR count). The fourth-order valence-corrected chi connectivity index (χ4v) is 5.07. The number of ether oxygens (including phenoxy) is 1. The van der Waals surface area contributed by atoms with Gasteiger partial charge in [0.1, 0.15) is 0 Å². The van der Waals surface area contributed by atoms with Crippen molar-refractivity contribution < 1.29 is 4.74 Å². The van der Waals surface area contributed by atoms with Crippen LogP contribution in [0.25, 0.3) is 11.1 Å². The van der Waals surface area contributed by atoms with Crippen molar-refractivity contribution in [1.82, 2.24) is 10.3 Å². The van der Waals surface area contributed by atoms with Crippen molar-refractivity contribution in [1.29, 1.82) is 0 Å². The molecule has 0 saturated carbocycles. The van der Waals surface area contributed by atoms with E-state index >= 15 is 0 Å². The molecule has 3 aliphatic rings. The molecule has 2 aromatic carbocycles. The number of fused-ring (bicyclic) bond motifs is 4. The van der Waals surface area contributed by atoms with E-state index < -0.39 is 0 Å². The van der Waals surface area contributed by atoms with E-state index in [9.17, 15) is 0 Å². The molecule has 4 heterocycles. The molecular formula is C24H23N3O. The Labute approximate surface area is 165 Å². The van der Waals surface area contributed by atoms with Crippen LogP contribution in [0.2, 0.25) is 0 Å². The quantitative estimate of drug-likeness (QED) is 0.483. The van der Waals surface area contributed by atoms with Gasteiger partial charge in [-0.3, -0.25) is 4.98 Å². The van der Waals surface area contributed by atoms with E-state index in [-0.39, 0.29) is 0 Å². The third-order valence-corrected chi connectivity index (χ3v) is 6.37. The van der Waals surface area contributed by atoms with E-state index in [1.54, 1.807) is 0 Å². The summed E-state index contributed by atoms with van der Waals surface area (Å²) in [4.78, 5) is 4.84. The highest BCUT2D eigenvalue weighted by atomic mass is 16.5.